The van der Waals surface area contributed by atoms with Gasteiger partial charge in [0.2, 0.25) is 5.91 Å². The molecule has 2 aromatic carbocycles. The SMILES string of the molecule is COc1ccc(CC(C(=O)NC(=N)N)c2ccc(OC)cc2)cc1. The molecule has 0 bridgehead atoms. The molecule has 1 atom stereocenters. The molecule has 2 rings (SSSR count). The van der Waals surface area contributed by atoms with E-state index < -0.39 is 5.92 Å². The first kappa shape index (κ1) is 17.3. The predicted molar refractivity (Wildman–Crippen MR) is 92.5 cm³/mol. The summed E-state index contributed by atoms with van der Waals surface area (Å²) >= 11 is 0. The first-order valence-corrected chi connectivity index (χ1v) is 7.45. The van der Waals surface area contributed by atoms with Crippen LogP contribution in [0.2, 0.25) is 0 Å². The maximum absolute atomic E-state index is 12.4. The molecule has 2 aromatic rings. The number of ether oxygens (including phenoxy) is 2. The van der Waals surface area contributed by atoms with Crippen LogP contribution in [0, 0.1) is 5.41 Å². The van der Waals surface area contributed by atoms with Crippen LogP contribution in [0.1, 0.15) is 17.0 Å². The molecule has 0 radical (unpaired) electrons. The van der Waals surface area contributed by atoms with Crippen molar-refractivity contribution in [3.05, 3.63) is 59.7 Å². The molecule has 24 heavy (non-hydrogen) atoms. The molecule has 4 N–H and O–H groups in total. The molecule has 0 aliphatic carbocycles. The number of carbonyl (C=O) groups excluding carboxylic acids is 1. The fourth-order valence-electron chi connectivity index (χ4n) is 2.42. The number of hydrogen-bond acceptors (Lipinski definition) is 4. The third kappa shape index (κ3) is 4.49. The second-order valence-electron chi connectivity index (χ2n) is 5.28. The summed E-state index contributed by atoms with van der Waals surface area (Å²) in [6, 6.07) is 14.8. The monoisotopic (exact) mass is 327 g/mol. The third-order valence-corrected chi connectivity index (χ3v) is 3.69. The second-order valence-corrected chi connectivity index (χ2v) is 5.28. The van der Waals surface area contributed by atoms with E-state index in [1.165, 1.54) is 0 Å². The largest absolute Gasteiger partial charge is 0.497 e. The smallest absolute Gasteiger partial charge is 0.234 e. The quantitative estimate of drug-likeness (QED) is 0.558. The van der Waals surface area contributed by atoms with Gasteiger partial charge in [-0.2, -0.15) is 0 Å². The number of nitrogens with one attached hydrogen (secondary N) is 2. The molecule has 0 aliphatic rings. The molecule has 6 heteroatoms. The highest BCUT2D eigenvalue weighted by atomic mass is 16.5. The summed E-state index contributed by atoms with van der Waals surface area (Å²) in [6.07, 6.45) is 0.482. The van der Waals surface area contributed by atoms with Crippen molar-refractivity contribution in [1.82, 2.24) is 5.32 Å². The van der Waals surface area contributed by atoms with Crippen molar-refractivity contribution in [3.8, 4) is 11.5 Å². The third-order valence-electron chi connectivity index (χ3n) is 3.69. The Bertz CT molecular complexity index is 696. The lowest BCUT2D eigenvalue weighted by Gasteiger charge is -2.17. The minimum absolute atomic E-state index is 0.316. The number of guanidine groups is 1. The molecule has 1 unspecified atom stereocenters. The summed E-state index contributed by atoms with van der Waals surface area (Å²) < 4.78 is 10.3. The summed E-state index contributed by atoms with van der Waals surface area (Å²) in [6.45, 7) is 0. The van der Waals surface area contributed by atoms with Gasteiger partial charge in [0.1, 0.15) is 11.5 Å². The molecule has 126 valence electrons. The molecule has 0 fully saturated rings. The summed E-state index contributed by atoms with van der Waals surface area (Å²) in [5, 5.41) is 9.67. The lowest BCUT2D eigenvalue weighted by atomic mass is 9.91. The normalized spacial score (nSPS) is 11.4. The van der Waals surface area contributed by atoms with E-state index in [1.54, 1.807) is 26.4 Å². The average molecular weight is 327 g/mol. The molecule has 0 saturated carbocycles. The van der Waals surface area contributed by atoms with E-state index >= 15 is 0 Å². The second kappa shape index (κ2) is 8.01. The summed E-state index contributed by atoms with van der Waals surface area (Å²) in [4.78, 5) is 12.4. The Morgan fingerprint density at radius 1 is 1.04 bits per heavy atom. The van der Waals surface area contributed by atoms with E-state index in [4.69, 9.17) is 20.6 Å². The molecular formula is C18H21N3O3. The number of rotatable bonds is 6. The Morgan fingerprint density at radius 3 is 2.00 bits per heavy atom. The van der Waals surface area contributed by atoms with E-state index in [1.807, 2.05) is 36.4 Å². The zero-order valence-corrected chi connectivity index (χ0v) is 13.7. The van der Waals surface area contributed by atoms with Gasteiger partial charge in [-0.3, -0.25) is 15.5 Å². The van der Waals surface area contributed by atoms with Crippen LogP contribution < -0.4 is 20.5 Å². The fraction of sp³-hybridized carbons (Fsp3) is 0.222. The molecule has 0 heterocycles. The van der Waals surface area contributed by atoms with Crippen molar-refractivity contribution >= 4 is 11.9 Å². The van der Waals surface area contributed by atoms with Crippen molar-refractivity contribution < 1.29 is 14.3 Å². The number of benzene rings is 2. The van der Waals surface area contributed by atoms with Gasteiger partial charge < -0.3 is 15.2 Å². The van der Waals surface area contributed by atoms with Crippen LogP contribution in [0.5, 0.6) is 11.5 Å². The van der Waals surface area contributed by atoms with Gasteiger partial charge in [-0.25, -0.2) is 0 Å². The average Bonchev–Trinajstić information content (AvgIpc) is 2.59. The van der Waals surface area contributed by atoms with Gasteiger partial charge in [0.05, 0.1) is 20.1 Å². The minimum atomic E-state index is -0.465. The van der Waals surface area contributed by atoms with Gasteiger partial charge in [0, 0.05) is 0 Å². The summed E-state index contributed by atoms with van der Waals surface area (Å²) in [7, 11) is 3.20. The Balaban J connectivity index is 2.26. The van der Waals surface area contributed by atoms with Crippen LogP contribution in [0.3, 0.4) is 0 Å². The van der Waals surface area contributed by atoms with Gasteiger partial charge in [-0.1, -0.05) is 24.3 Å². The lowest BCUT2D eigenvalue weighted by molar-refractivity contribution is -0.121. The van der Waals surface area contributed by atoms with Crippen LogP contribution in [-0.4, -0.2) is 26.1 Å². The fourth-order valence-corrected chi connectivity index (χ4v) is 2.42. The molecule has 0 aromatic heterocycles. The zero-order chi connectivity index (χ0) is 17.5. The summed E-state index contributed by atoms with van der Waals surface area (Å²) in [5.74, 6) is 0.326. The van der Waals surface area contributed by atoms with E-state index in [2.05, 4.69) is 5.32 Å². The van der Waals surface area contributed by atoms with E-state index in [0.29, 0.717) is 12.2 Å². The van der Waals surface area contributed by atoms with Crippen molar-refractivity contribution in [3.63, 3.8) is 0 Å². The van der Waals surface area contributed by atoms with E-state index in [9.17, 15) is 4.79 Å². The molecule has 0 saturated heterocycles. The minimum Gasteiger partial charge on any atom is -0.497 e. The van der Waals surface area contributed by atoms with Crippen LogP contribution in [0.25, 0.3) is 0 Å². The molecule has 6 nitrogen and oxygen atoms in total. The predicted octanol–water partition coefficient (Wildman–Crippen LogP) is 2.04. The highest BCUT2D eigenvalue weighted by Crippen LogP contribution is 2.24. The van der Waals surface area contributed by atoms with Crippen molar-refractivity contribution in [1.29, 1.82) is 5.41 Å². The first-order chi connectivity index (χ1) is 11.5. The number of nitrogens with two attached hydrogens (primary N) is 1. The highest BCUT2D eigenvalue weighted by Gasteiger charge is 2.22. The number of amides is 1. The maximum Gasteiger partial charge on any atom is 0.234 e. The van der Waals surface area contributed by atoms with Gasteiger partial charge in [0.25, 0.3) is 0 Å². The first-order valence-electron chi connectivity index (χ1n) is 7.45. The molecule has 0 spiro atoms. The van der Waals surface area contributed by atoms with Crippen molar-refractivity contribution in [2.75, 3.05) is 14.2 Å². The Morgan fingerprint density at radius 2 is 1.54 bits per heavy atom. The molecule has 1 amide bonds. The van der Waals surface area contributed by atoms with E-state index in [0.717, 1.165) is 16.9 Å². The van der Waals surface area contributed by atoms with Gasteiger partial charge in [-0.15, -0.1) is 0 Å². The van der Waals surface area contributed by atoms with Gasteiger partial charge in [-0.05, 0) is 41.8 Å². The Hall–Kier alpha value is -3.02. The van der Waals surface area contributed by atoms with Crippen molar-refractivity contribution in [2.24, 2.45) is 5.73 Å². The topological polar surface area (TPSA) is 97.4 Å². The molecule has 0 aliphatic heterocycles. The van der Waals surface area contributed by atoms with E-state index in [-0.39, 0.29) is 11.9 Å². The number of hydrogen-bond donors (Lipinski definition) is 3. The number of methoxy groups -OCH3 is 2. The van der Waals surface area contributed by atoms with Crippen LogP contribution in [0.4, 0.5) is 0 Å². The lowest BCUT2D eigenvalue weighted by Crippen LogP contribution is -2.39. The van der Waals surface area contributed by atoms with Crippen LogP contribution >= 0.6 is 0 Å². The van der Waals surface area contributed by atoms with Crippen LogP contribution in [-0.2, 0) is 11.2 Å². The van der Waals surface area contributed by atoms with Crippen LogP contribution in [0.15, 0.2) is 48.5 Å². The maximum atomic E-state index is 12.4. The highest BCUT2D eigenvalue weighted by molar-refractivity contribution is 5.98. The Labute approximate surface area is 141 Å². The molecular weight excluding hydrogens is 306 g/mol. The van der Waals surface area contributed by atoms with Gasteiger partial charge >= 0.3 is 0 Å². The van der Waals surface area contributed by atoms with Gasteiger partial charge in [0.15, 0.2) is 5.96 Å². The Kier molecular flexibility index (Phi) is 5.78. The number of carbonyl (C=O) groups is 1. The summed E-state index contributed by atoms with van der Waals surface area (Å²) in [5.41, 5.74) is 7.11. The van der Waals surface area contributed by atoms with Crippen molar-refractivity contribution in [2.45, 2.75) is 12.3 Å². The zero-order valence-electron chi connectivity index (χ0n) is 13.7. The standard InChI is InChI=1S/C18H21N3O3/c1-23-14-7-3-12(4-8-14)11-16(17(22)21-18(19)20)13-5-9-15(24-2)10-6-13/h3-10,16H,11H2,1-2H3,(H4,19,20,21,22).